The SMILES string of the molecule is CCC(Oc1ccc(C)c(C)c1)C(=O)N[C@H](C)c1ccccc1. The topological polar surface area (TPSA) is 38.3 Å². The average molecular weight is 311 g/mol. The van der Waals surface area contributed by atoms with Crippen LogP contribution in [0.4, 0.5) is 0 Å². The molecule has 3 nitrogen and oxygen atoms in total. The zero-order valence-electron chi connectivity index (χ0n) is 14.3. The quantitative estimate of drug-likeness (QED) is 0.862. The highest BCUT2D eigenvalue weighted by Crippen LogP contribution is 2.19. The number of ether oxygens (including phenoxy) is 1. The predicted molar refractivity (Wildman–Crippen MR) is 93.6 cm³/mol. The zero-order chi connectivity index (χ0) is 16.8. The Morgan fingerprint density at radius 3 is 2.39 bits per heavy atom. The van der Waals surface area contributed by atoms with Gasteiger partial charge in [0, 0.05) is 0 Å². The molecular weight excluding hydrogens is 286 g/mol. The van der Waals surface area contributed by atoms with Crippen LogP contribution in [0.2, 0.25) is 0 Å². The number of hydrogen-bond donors (Lipinski definition) is 1. The van der Waals surface area contributed by atoms with Gasteiger partial charge in [0.1, 0.15) is 5.75 Å². The lowest BCUT2D eigenvalue weighted by molar-refractivity contribution is -0.128. The summed E-state index contributed by atoms with van der Waals surface area (Å²) in [4.78, 5) is 12.5. The van der Waals surface area contributed by atoms with Crippen LogP contribution in [0.1, 0.15) is 43.0 Å². The van der Waals surface area contributed by atoms with Crippen LogP contribution in [-0.4, -0.2) is 12.0 Å². The standard InChI is InChI=1S/C20H25NO2/c1-5-19(23-18-12-11-14(2)15(3)13-18)20(22)21-16(4)17-9-7-6-8-10-17/h6-13,16,19H,5H2,1-4H3,(H,21,22)/t16-,19?/m1/s1. The molecule has 2 aromatic rings. The van der Waals surface area contributed by atoms with E-state index in [9.17, 15) is 4.79 Å². The van der Waals surface area contributed by atoms with Gasteiger partial charge in [-0.25, -0.2) is 0 Å². The smallest absolute Gasteiger partial charge is 0.261 e. The summed E-state index contributed by atoms with van der Waals surface area (Å²) in [6.07, 6.45) is 0.142. The van der Waals surface area contributed by atoms with E-state index in [0.29, 0.717) is 6.42 Å². The molecule has 1 N–H and O–H groups in total. The van der Waals surface area contributed by atoms with Crippen LogP contribution < -0.4 is 10.1 Å². The Bertz CT molecular complexity index is 652. The lowest BCUT2D eigenvalue weighted by Crippen LogP contribution is -2.39. The number of rotatable bonds is 6. The predicted octanol–water partition coefficient (Wildman–Crippen LogP) is 4.34. The third-order valence-electron chi connectivity index (χ3n) is 4.08. The molecule has 1 amide bonds. The van der Waals surface area contributed by atoms with Gasteiger partial charge in [-0.2, -0.15) is 0 Å². The van der Waals surface area contributed by atoms with E-state index in [1.807, 2.05) is 69.3 Å². The van der Waals surface area contributed by atoms with Crippen molar-refractivity contribution in [2.24, 2.45) is 0 Å². The minimum atomic E-state index is -0.483. The van der Waals surface area contributed by atoms with Gasteiger partial charge in [-0.05, 0) is 56.0 Å². The fourth-order valence-electron chi connectivity index (χ4n) is 2.41. The van der Waals surface area contributed by atoms with Crippen molar-refractivity contribution in [3.05, 3.63) is 65.2 Å². The second-order valence-corrected chi connectivity index (χ2v) is 5.90. The van der Waals surface area contributed by atoms with Crippen molar-refractivity contribution in [3.63, 3.8) is 0 Å². The lowest BCUT2D eigenvalue weighted by atomic mass is 10.1. The second-order valence-electron chi connectivity index (χ2n) is 5.90. The maximum Gasteiger partial charge on any atom is 0.261 e. The third-order valence-corrected chi connectivity index (χ3v) is 4.08. The molecule has 0 radical (unpaired) electrons. The van der Waals surface area contributed by atoms with Gasteiger partial charge in [0.25, 0.3) is 5.91 Å². The van der Waals surface area contributed by atoms with Gasteiger partial charge in [0.15, 0.2) is 6.10 Å². The molecule has 0 aliphatic heterocycles. The molecule has 0 heterocycles. The Balaban J connectivity index is 2.02. The Kier molecular flexibility index (Phi) is 5.80. The van der Waals surface area contributed by atoms with Crippen molar-refractivity contribution in [1.82, 2.24) is 5.32 Å². The maximum atomic E-state index is 12.5. The number of aryl methyl sites for hydroxylation is 2. The molecule has 0 aromatic heterocycles. The van der Waals surface area contributed by atoms with Crippen molar-refractivity contribution >= 4 is 5.91 Å². The molecule has 122 valence electrons. The first-order chi connectivity index (χ1) is 11.0. The molecule has 3 heteroatoms. The van der Waals surface area contributed by atoms with Gasteiger partial charge in [-0.3, -0.25) is 4.79 Å². The largest absolute Gasteiger partial charge is 0.481 e. The number of nitrogens with one attached hydrogen (secondary N) is 1. The van der Waals surface area contributed by atoms with Crippen molar-refractivity contribution in [1.29, 1.82) is 0 Å². The van der Waals surface area contributed by atoms with E-state index in [4.69, 9.17) is 4.74 Å². The highest BCUT2D eigenvalue weighted by molar-refractivity contribution is 5.81. The normalized spacial score (nSPS) is 13.2. The van der Waals surface area contributed by atoms with E-state index in [0.717, 1.165) is 16.9 Å². The Hall–Kier alpha value is -2.29. The number of carbonyl (C=O) groups excluding carboxylic acids is 1. The first-order valence-corrected chi connectivity index (χ1v) is 8.10. The number of hydrogen-bond acceptors (Lipinski definition) is 2. The van der Waals surface area contributed by atoms with E-state index in [-0.39, 0.29) is 11.9 Å². The lowest BCUT2D eigenvalue weighted by Gasteiger charge is -2.21. The van der Waals surface area contributed by atoms with E-state index in [1.165, 1.54) is 5.56 Å². The van der Waals surface area contributed by atoms with Crippen LogP contribution in [0, 0.1) is 13.8 Å². The minimum absolute atomic E-state index is 0.0406. The van der Waals surface area contributed by atoms with Gasteiger partial charge < -0.3 is 10.1 Å². The Morgan fingerprint density at radius 2 is 1.78 bits per heavy atom. The van der Waals surface area contributed by atoms with Crippen molar-refractivity contribution < 1.29 is 9.53 Å². The molecule has 2 rings (SSSR count). The molecule has 0 spiro atoms. The van der Waals surface area contributed by atoms with Gasteiger partial charge in [-0.15, -0.1) is 0 Å². The van der Waals surface area contributed by atoms with Gasteiger partial charge in [-0.1, -0.05) is 43.3 Å². The molecule has 2 atom stereocenters. The van der Waals surface area contributed by atoms with Crippen LogP contribution in [0.5, 0.6) is 5.75 Å². The van der Waals surface area contributed by atoms with Gasteiger partial charge in [0.2, 0.25) is 0 Å². The molecule has 2 aromatic carbocycles. The van der Waals surface area contributed by atoms with Crippen LogP contribution in [-0.2, 0) is 4.79 Å². The summed E-state index contributed by atoms with van der Waals surface area (Å²) in [6.45, 7) is 8.04. The average Bonchev–Trinajstić information content (AvgIpc) is 2.56. The molecule has 0 bridgehead atoms. The summed E-state index contributed by atoms with van der Waals surface area (Å²) in [5, 5.41) is 3.03. The van der Waals surface area contributed by atoms with Crippen molar-refractivity contribution in [3.8, 4) is 5.75 Å². The summed E-state index contributed by atoms with van der Waals surface area (Å²) in [7, 11) is 0. The summed E-state index contributed by atoms with van der Waals surface area (Å²) in [5.74, 6) is 0.657. The first kappa shape index (κ1) is 17.1. The molecule has 0 fully saturated rings. The highest BCUT2D eigenvalue weighted by atomic mass is 16.5. The molecular formula is C20H25NO2. The van der Waals surface area contributed by atoms with Crippen LogP contribution in [0.3, 0.4) is 0 Å². The zero-order valence-corrected chi connectivity index (χ0v) is 14.3. The minimum Gasteiger partial charge on any atom is -0.481 e. The Labute approximate surface area is 138 Å². The molecule has 0 aliphatic rings. The van der Waals surface area contributed by atoms with Crippen LogP contribution in [0.25, 0.3) is 0 Å². The van der Waals surface area contributed by atoms with E-state index in [1.54, 1.807) is 0 Å². The molecule has 0 saturated carbocycles. The van der Waals surface area contributed by atoms with E-state index < -0.39 is 6.10 Å². The summed E-state index contributed by atoms with van der Waals surface area (Å²) >= 11 is 0. The van der Waals surface area contributed by atoms with Crippen LogP contribution >= 0.6 is 0 Å². The molecule has 0 saturated heterocycles. The van der Waals surface area contributed by atoms with Crippen molar-refractivity contribution in [2.45, 2.75) is 46.3 Å². The Morgan fingerprint density at radius 1 is 1.09 bits per heavy atom. The number of benzene rings is 2. The van der Waals surface area contributed by atoms with E-state index >= 15 is 0 Å². The van der Waals surface area contributed by atoms with Gasteiger partial charge in [0.05, 0.1) is 6.04 Å². The van der Waals surface area contributed by atoms with E-state index in [2.05, 4.69) is 12.2 Å². The first-order valence-electron chi connectivity index (χ1n) is 8.10. The number of carbonyl (C=O) groups is 1. The molecule has 1 unspecified atom stereocenters. The fourth-order valence-corrected chi connectivity index (χ4v) is 2.41. The third kappa shape index (κ3) is 4.59. The van der Waals surface area contributed by atoms with Crippen molar-refractivity contribution in [2.75, 3.05) is 0 Å². The summed E-state index contributed by atoms with van der Waals surface area (Å²) in [6, 6.07) is 15.8. The number of amides is 1. The fraction of sp³-hybridized carbons (Fsp3) is 0.350. The maximum absolute atomic E-state index is 12.5. The highest BCUT2D eigenvalue weighted by Gasteiger charge is 2.20. The summed E-state index contributed by atoms with van der Waals surface area (Å²) < 4.78 is 5.89. The van der Waals surface area contributed by atoms with Gasteiger partial charge >= 0.3 is 0 Å². The monoisotopic (exact) mass is 311 g/mol. The molecule has 0 aliphatic carbocycles. The second kappa shape index (κ2) is 7.82. The summed E-state index contributed by atoms with van der Waals surface area (Å²) in [5.41, 5.74) is 3.46. The molecule has 23 heavy (non-hydrogen) atoms. The van der Waals surface area contributed by atoms with Crippen LogP contribution in [0.15, 0.2) is 48.5 Å².